The normalized spacial score (nSPS) is 18.3. The van der Waals surface area contributed by atoms with Gasteiger partial charge in [-0.1, -0.05) is 6.07 Å². The zero-order valence-electron chi connectivity index (χ0n) is 33.3. The van der Waals surface area contributed by atoms with Crippen molar-refractivity contribution in [2.45, 2.75) is 69.6 Å². The fourth-order valence-corrected chi connectivity index (χ4v) is 7.74. The van der Waals surface area contributed by atoms with Gasteiger partial charge in [-0.3, -0.25) is 38.3 Å². The summed E-state index contributed by atoms with van der Waals surface area (Å²) in [6.07, 6.45) is 4.97. The number of anilines is 2. The van der Waals surface area contributed by atoms with Gasteiger partial charge in [0.25, 0.3) is 11.8 Å². The number of rotatable bonds is 17. The zero-order valence-corrected chi connectivity index (χ0v) is 33.3. The van der Waals surface area contributed by atoms with Gasteiger partial charge in [0, 0.05) is 44.6 Å². The Balaban J connectivity index is 0.817. The third-order valence-corrected chi connectivity index (χ3v) is 10.9. The lowest BCUT2D eigenvalue weighted by Gasteiger charge is -2.28. The van der Waals surface area contributed by atoms with Gasteiger partial charge in [-0.25, -0.2) is 14.8 Å². The number of aryl methyl sites for hydroxylation is 2. The molecule has 18 nitrogen and oxygen atoms in total. The molecule has 4 amide bonds. The molecule has 6 N–H and O–H groups in total. The summed E-state index contributed by atoms with van der Waals surface area (Å²) in [4.78, 5) is 70.5. The van der Waals surface area contributed by atoms with Gasteiger partial charge in [-0.05, 0) is 87.2 Å². The number of piperidine rings is 1. The van der Waals surface area contributed by atoms with E-state index in [9.17, 15) is 37.1 Å². The van der Waals surface area contributed by atoms with Crippen molar-refractivity contribution in [1.82, 2.24) is 39.5 Å². The minimum absolute atomic E-state index is 0.00957. The lowest BCUT2D eigenvalue weighted by atomic mass is 9.86. The maximum atomic E-state index is 13.1. The number of halogens is 3. The molecule has 2 fully saturated rings. The number of fused-ring (bicyclic) bond motifs is 1. The Morgan fingerprint density at radius 3 is 2.61 bits per heavy atom. The van der Waals surface area contributed by atoms with E-state index in [4.69, 9.17) is 14.9 Å². The fourth-order valence-electron chi connectivity index (χ4n) is 7.74. The van der Waals surface area contributed by atoms with Crippen molar-refractivity contribution in [2.75, 3.05) is 43.5 Å². The summed E-state index contributed by atoms with van der Waals surface area (Å²) in [6, 6.07) is 7.82. The molecule has 1 saturated carbocycles. The summed E-state index contributed by atoms with van der Waals surface area (Å²) in [5.41, 5.74) is 7.91. The highest BCUT2D eigenvalue weighted by Gasteiger charge is 2.32. The summed E-state index contributed by atoms with van der Waals surface area (Å²) in [7, 11) is 1.68. The van der Waals surface area contributed by atoms with Crippen molar-refractivity contribution in [2.24, 2.45) is 18.7 Å². The lowest BCUT2D eigenvalue weighted by molar-refractivity contribution is -0.135. The highest BCUT2D eigenvalue weighted by Crippen LogP contribution is 2.33. The van der Waals surface area contributed by atoms with Crippen LogP contribution in [0, 0.1) is 5.92 Å². The van der Waals surface area contributed by atoms with Crippen LogP contribution in [0.15, 0.2) is 58.2 Å². The van der Waals surface area contributed by atoms with Crippen LogP contribution < -0.4 is 32.7 Å². The standard InChI is InChI=1S/C40H46F3N11O7/c1-52-31-17-23(6-9-29(31)54(39(52)59)30-10-11-33(55)50-37(30)58)3-2-15-60-16-14-45-19-24-4-7-26(8-5-24)53-20-27(34(51-53)35(44)56)48-36(57)28-21-61-38(49-28)25-12-13-46-32(18-25)47-22-40(41,42)43/h6,9,12-13,17-18,20-21,24,26,30,45H,2-5,7-8,10-11,14-16,19,22H2,1H3,(H2,44,56)(H,46,47)(H,48,57)(H,50,55,58)/t24-,26-,30?. The lowest BCUT2D eigenvalue weighted by Crippen LogP contribution is -2.44. The number of aromatic nitrogens is 6. The first-order valence-corrected chi connectivity index (χ1v) is 20.0. The third kappa shape index (κ3) is 10.3. The maximum absolute atomic E-state index is 13.1. The smallest absolute Gasteiger partial charge is 0.405 e. The van der Waals surface area contributed by atoms with E-state index >= 15 is 0 Å². The first-order chi connectivity index (χ1) is 29.2. The number of nitrogens with zero attached hydrogens (tertiary/aromatic N) is 6. The topological polar surface area (TPSA) is 235 Å². The van der Waals surface area contributed by atoms with E-state index in [1.807, 2.05) is 18.2 Å². The van der Waals surface area contributed by atoms with E-state index in [2.05, 4.69) is 36.3 Å². The quantitative estimate of drug-likeness (QED) is 0.0663. The summed E-state index contributed by atoms with van der Waals surface area (Å²) >= 11 is 0. The molecule has 7 rings (SSSR count). The average molecular weight is 850 g/mol. The van der Waals surface area contributed by atoms with Crippen LogP contribution in [-0.2, 0) is 27.8 Å². The number of imidazole rings is 1. The first kappa shape index (κ1) is 42.8. The second kappa shape index (κ2) is 18.5. The molecule has 4 aromatic heterocycles. The predicted molar refractivity (Wildman–Crippen MR) is 215 cm³/mol. The van der Waals surface area contributed by atoms with Crippen LogP contribution in [0.2, 0.25) is 0 Å². The Kier molecular flexibility index (Phi) is 13.0. The number of carbonyl (C=O) groups is 4. The minimum atomic E-state index is -4.44. The van der Waals surface area contributed by atoms with Gasteiger partial charge in [0.15, 0.2) is 11.4 Å². The molecule has 0 spiro atoms. The molecule has 5 aromatic rings. The third-order valence-electron chi connectivity index (χ3n) is 10.9. The number of benzene rings is 1. The van der Waals surface area contributed by atoms with Gasteiger partial charge in [0.2, 0.25) is 17.7 Å². The Morgan fingerprint density at radius 2 is 1.85 bits per heavy atom. The van der Waals surface area contributed by atoms with Gasteiger partial charge in [0.05, 0.1) is 29.4 Å². The van der Waals surface area contributed by atoms with Crippen molar-refractivity contribution in [3.63, 3.8) is 0 Å². The molecule has 324 valence electrons. The fraction of sp³-hybridized carbons (Fsp3) is 0.450. The first-order valence-electron chi connectivity index (χ1n) is 20.0. The molecule has 61 heavy (non-hydrogen) atoms. The Morgan fingerprint density at radius 1 is 1.05 bits per heavy atom. The van der Waals surface area contributed by atoms with Crippen molar-refractivity contribution in [3.8, 4) is 11.5 Å². The van der Waals surface area contributed by atoms with Crippen LogP contribution in [0.4, 0.5) is 24.7 Å². The van der Waals surface area contributed by atoms with Gasteiger partial charge in [-0.15, -0.1) is 0 Å². The van der Waals surface area contributed by atoms with Crippen molar-refractivity contribution >= 4 is 46.2 Å². The zero-order chi connectivity index (χ0) is 43.3. The summed E-state index contributed by atoms with van der Waals surface area (Å²) in [6.45, 7) is 1.37. The second-order valence-corrected chi connectivity index (χ2v) is 15.2. The number of amides is 4. The molecule has 0 radical (unpaired) electrons. The van der Waals surface area contributed by atoms with Crippen LogP contribution in [0.25, 0.3) is 22.5 Å². The van der Waals surface area contributed by atoms with E-state index in [0.717, 1.165) is 62.4 Å². The molecule has 1 aliphatic carbocycles. The highest BCUT2D eigenvalue weighted by molar-refractivity contribution is 6.07. The molecule has 0 bridgehead atoms. The van der Waals surface area contributed by atoms with Crippen LogP contribution in [-0.4, -0.2) is 91.5 Å². The number of hydrogen-bond acceptors (Lipinski definition) is 12. The minimum Gasteiger partial charge on any atom is -0.444 e. The highest BCUT2D eigenvalue weighted by atomic mass is 19.4. The number of carbonyl (C=O) groups excluding carboxylic acids is 4. The molecule has 1 unspecified atom stereocenters. The van der Waals surface area contributed by atoms with E-state index in [1.54, 1.807) is 17.9 Å². The van der Waals surface area contributed by atoms with Crippen LogP contribution in [0.3, 0.4) is 0 Å². The van der Waals surface area contributed by atoms with E-state index < -0.39 is 36.5 Å². The molecule has 1 atom stereocenters. The van der Waals surface area contributed by atoms with E-state index in [0.29, 0.717) is 36.8 Å². The summed E-state index contributed by atoms with van der Waals surface area (Å²) in [5.74, 6) is -1.94. The Labute approximate surface area is 346 Å². The van der Waals surface area contributed by atoms with Crippen LogP contribution >= 0.6 is 0 Å². The predicted octanol–water partition coefficient (Wildman–Crippen LogP) is 3.86. The molecule has 1 aromatic carbocycles. The molecular weight excluding hydrogens is 804 g/mol. The number of alkyl halides is 3. The number of pyridine rings is 1. The van der Waals surface area contributed by atoms with Gasteiger partial charge in [-0.2, -0.15) is 18.3 Å². The molecule has 1 aliphatic heterocycles. The van der Waals surface area contributed by atoms with Crippen molar-refractivity contribution in [1.29, 1.82) is 0 Å². The Bertz CT molecular complexity index is 2460. The van der Waals surface area contributed by atoms with Crippen LogP contribution in [0.1, 0.15) is 83.6 Å². The Hall–Kier alpha value is -6.35. The van der Waals surface area contributed by atoms with E-state index in [-0.39, 0.29) is 59.3 Å². The number of nitrogens with one attached hydrogen (secondary N) is 4. The maximum Gasteiger partial charge on any atom is 0.405 e. The number of oxazole rings is 1. The summed E-state index contributed by atoms with van der Waals surface area (Å²) < 4.78 is 53.8. The monoisotopic (exact) mass is 849 g/mol. The number of hydrogen-bond donors (Lipinski definition) is 5. The number of nitrogens with two attached hydrogens (primary N) is 1. The average Bonchev–Trinajstić information content (AvgIpc) is 3.96. The van der Waals surface area contributed by atoms with Crippen LogP contribution in [0.5, 0.6) is 0 Å². The van der Waals surface area contributed by atoms with Gasteiger partial charge in [0.1, 0.15) is 24.7 Å². The van der Waals surface area contributed by atoms with Crippen molar-refractivity contribution in [3.05, 3.63) is 76.4 Å². The molecule has 5 heterocycles. The molecular formula is C40H46F3N11O7. The summed E-state index contributed by atoms with van der Waals surface area (Å²) in [5, 5.41) is 15.0. The number of imide groups is 1. The molecule has 21 heteroatoms. The largest absolute Gasteiger partial charge is 0.444 e. The SMILES string of the molecule is Cn1c(=O)n(C2CCC(=O)NC2=O)c2ccc(CCCOCCNC[C@H]3CC[C@H](n4cc(NC(=O)c5coc(-c6ccnc(NCC(F)(F)F)c6)n5)c(C(N)=O)n4)CC3)cc21. The number of primary amides is 1. The number of ether oxygens (including phenoxy) is 1. The molecule has 2 aliphatic rings. The van der Waals surface area contributed by atoms with Gasteiger partial charge >= 0.3 is 11.9 Å². The molecule has 1 saturated heterocycles. The van der Waals surface area contributed by atoms with Crippen molar-refractivity contribution < 1.29 is 41.5 Å². The van der Waals surface area contributed by atoms with E-state index in [1.165, 1.54) is 27.5 Å². The van der Waals surface area contributed by atoms with Gasteiger partial charge < -0.3 is 30.8 Å². The second-order valence-electron chi connectivity index (χ2n) is 15.2.